The number of hydrogen-bond donors (Lipinski definition) is 2. The maximum atomic E-state index is 13.2. The van der Waals surface area contributed by atoms with E-state index in [1.807, 2.05) is 6.92 Å². The summed E-state index contributed by atoms with van der Waals surface area (Å²) in [6.45, 7) is 2.89. The largest absolute Gasteiger partial charge is 0.452 e. The maximum Gasteiger partial charge on any atom is 0.338 e. The van der Waals surface area contributed by atoms with Crippen LogP contribution in [0, 0.1) is 23.7 Å². The van der Waals surface area contributed by atoms with Gasteiger partial charge in [-0.1, -0.05) is 17.7 Å². The van der Waals surface area contributed by atoms with Gasteiger partial charge in [0.25, 0.3) is 5.91 Å². The summed E-state index contributed by atoms with van der Waals surface area (Å²) in [5, 5.41) is 5.23. The number of allylic oxidation sites excluding steroid dienone is 2. The van der Waals surface area contributed by atoms with Crippen LogP contribution < -0.4 is 15.5 Å². The quantitative estimate of drug-likeness (QED) is 0.367. The highest BCUT2D eigenvalue weighted by molar-refractivity contribution is 6.23. The van der Waals surface area contributed by atoms with E-state index in [2.05, 4.69) is 16.7 Å². The maximum absolute atomic E-state index is 13.2. The van der Waals surface area contributed by atoms with Gasteiger partial charge in [0, 0.05) is 18.3 Å². The summed E-state index contributed by atoms with van der Waals surface area (Å²) in [6, 6.07) is 12.6. The summed E-state index contributed by atoms with van der Waals surface area (Å²) in [5.74, 6) is -2.41. The molecule has 1 heterocycles. The zero-order valence-corrected chi connectivity index (χ0v) is 19.8. The van der Waals surface area contributed by atoms with Crippen LogP contribution in [0.5, 0.6) is 0 Å². The monoisotopic (exact) mass is 487 g/mol. The minimum Gasteiger partial charge on any atom is -0.452 e. The van der Waals surface area contributed by atoms with Crippen molar-refractivity contribution in [1.82, 2.24) is 0 Å². The zero-order chi connectivity index (χ0) is 25.6. The molecule has 0 aromatic heterocycles. The van der Waals surface area contributed by atoms with Gasteiger partial charge in [0.1, 0.15) is 0 Å². The molecule has 2 aliphatic carbocycles. The Balaban J connectivity index is 1.20. The van der Waals surface area contributed by atoms with E-state index in [-0.39, 0.29) is 47.0 Å². The molecule has 36 heavy (non-hydrogen) atoms. The van der Waals surface area contributed by atoms with E-state index in [1.54, 1.807) is 36.4 Å². The highest BCUT2D eigenvalue weighted by atomic mass is 16.5. The molecule has 0 unspecified atom stereocenters. The fraction of sp³-hybridized carbons (Fsp3) is 0.296. The van der Waals surface area contributed by atoms with Crippen molar-refractivity contribution in [3.63, 3.8) is 0 Å². The Hall–Kier alpha value is -4.27. The summed E-state index contributed by atoms with van der Waals surface area (Å²) in [6.07, 6.45) is 2.96. The Morgan fingerprint density at radius 2 is 1.64 bits per heavy atom. The molecule has 0 radical (unpaired) electrons. The molecule has 2 bridgehead atoms. The smallest absolute Gasteiger partial charge is 0.338 e. The number of ether oxygens (including phenoxy) is 1. The van der Waals surface area contributed by atoms with E-state index >= 15 is 0 Å². The number of carbonyl (C=O) groups is 5. The predicted octanol–water partition coefficient (Wildman–Crippen LogP) is 3.14. The van der Waals surface area contributed by atoms with Gasteiger partial charge in [-0.25, -0.2) is 9.69 Å². The normalized spacial score (nSPS) is 23.8. The van der Waals surface area contributed by atoms with Gasteiger partial charge in [-0.2, -0.15) is 0 Å². The van der Waals surface area contributed by atoms with E-state index < -0.39 is 18.5 Å². The van der Waals surface area contributed by atoms with Gasteiger partial charge in [0.2, 0.25) is 17.7 Å². The third-order valence-corrected chi connectivity index (χ3v) is 7.04. The van der Waals surface area contributed by atoms with Gasteiger partial charge < -0.3 is 15.4 Å². The number of nitrogens with zero attached hydrogens (tertiary/aromatic N) is 1. The van der Waals surface area contributed by atoms with E-state index in [4.69, 9.17) is 4.74 Å². The molecule has 2 aromatic rings. The number of esters is 1. The lowest BCUT2D eigenvalue weighted by molar-refractivity contribution is -0.123. The Kier molecular flexibility index (Phi) is 5.91. The van der Waals surface area contributed by atoms with Crippen LogP contribution in [0.1, 0.15) is 30.6 Å². The molecule has 2 N–H and O–H groups in total. The van der Waals surface area contributed by atoms with Crippen molar-refractivity contribution in [1.29, 1.82) is 0 Å². The van der Waals surface area contributed by atoms with Gasteiger partial charge in [0.05, 0.1) is 23.1 Å². The molecule has 5 rings (SSSR count). The highest BCUT2D eigenvalue weighted by Gasteiger charge is 2.60. The first kappa shape index (κ1) is 23.5. The van der Waals surface area contributed by atoms with Gasteiger partial charge in [-0.05, 0) is 67.6 Å². The number of fused-ring (bicyclic) bond motifs is 5. The van der Waals surface area contributed by atoms with E-state index in [1.165, 1.54) is 29.5 Å². The number of anilines is 3. The second kappa shape index (κ2) is 9.07. The van der Waals surface area contributed by atoms with Crippen LogP contribution in [-0.2, 0) is 23.9 Å². The van der Waals surface area contributed by atoms with Gasteiger partial charge in [-0.15, -0.1) is 0 Å². The molecule has 2 aromatic carbocycles. The average Bonchev–Trinajstić information content (AvgIpc) is 3.48. The lowest BCUT2D eigenvalue weighted by Gasteiger charge is -2.19. The second-order valence-electron chi connectivity index (χ2n) is 9.41. The van der Waals surface area contributed by atoms with Crippen molar-refractivity contribution in [3.05, 3.63) is 65.7 Å². The lowest BCUT2D eigenvalue weighted by Crippen LogP contribution is -2.33. The molecule has 1 saturated heterocycles. The fourth-order valence-electron chi connectivity index (χ4n) is 5.55. The standard InChI is InChI=1S/C27H25N3O6/c1-14-10-17-12-21(14)24-23(17)25(33)30(26(24)34)20-5-3-4-16(11-20)27(35)36-13-22(32)29-19-8-6-18(7-9-19)28-15(2)31/h3-11,17,21,23-24H,12-13H2,1-2H3,(H,28,31)(H,29,32)/t17-,21+,23+,24+/m0/s1. The van der Waals surface area contributed by atoms with E-state index in [0.29, 0.717) is 17.1 Å². The molecule has 1 saturated carbocycles. The number of benzene rings is 2. The number of rotatable bonds is 6. The molecule has 4 atom stereocenters. The van der Waals surface area contributed by atoms with E-state index in [9.17, 15) is 24.0 Å². The average molecular weight is 488 g/mol. The molecule has 184 valence electrons. The number of amides is 4. The summed E-state index contributed by atoms with van der Waals surface area (Å²) < 4.78 is 5.14. The fourth-order valence-corrected chi connectivity index (χ4v) is 5.55. The molecular weight excluding hydrogens is 462 g/mol. The van der Waals surface area contributed by atoms with Crippen molar-refractivity contribution in [2.24, 2.45) is 23.7 Å². The summed E-state index contributed by atoms with van der Waals surface area (Å²) >= 11 is 0. The van der Waals surface area contributed by atoms with Crippen LogP contribution >= 0.6 is 0 Å². The predicted molar refractivity (Wildman–Crippen MR) is 131 cm³/mol. The topological polar surface area (TPSA) is 122 Å². The van der Waals surface area contributed by atoms with Gasteiger partial charge in [0.15, 0.2) is 6.61 Å². The SMILES string of the molecule is CC(=O)Nc1ccc(NC(=O)COC(=O)c2cccc(N3C(=O)[C@H]4[C@H](C3=O)[C@H]3C=C(C)[C@H]4C3)c2)cc1. The summed E-state index contributed by atoms with van der Waals surface area (Å²) in [7, 11) is 0. The Morgan fingerprint density at radius 3 is 2.33 bits per heavy atom. The van der Waals surface area contributed by atoms with Crippen LogP contribution in [0.4, 0.5) is 17.1 Å². The van der Waals surface area contributed by atoms with Crippen LogP contribution in [0.15, 0.2) is 60.2 Å². The first-order valence-corrected chi connectivity index (χ1v) is 11.7. The first-order valence-electron chi connectivity index (χ1n) is 11.7. The van der Waals surface area contributed by atoms with Gasteiger partial charge >= 0.3 is 5.97 Å². The second-order valence-corrected chi connectivity index (χ2v) is 9.41. The number of carbonyl (C=O) groups excluding carboxylic acids is 5. The van der Waals surface area contributed by atoms with Crippen molar-refractivity contribution in [2.75, 3.05) is 22.1 Å². The minimum atomic E-state index is -0.745. The van der Waals surface area contributed by atoms with Crippen LogP contribution in [0.2, 0.25) is 0 Å². The Bertz CT molecular complexity index is 1320. The number of imide groups is 1. The zero-order valence-electron chi connectivity index (χ0n) is 19.8. The lowest BCUT2D eigenvalue weighted by atomic mass is 9.82. The first-order chi connectivity index (χ1) is 17.2. The van der Waals surface area contributed by atoms with Crippen molar-refractivity contribution < 1.29 is 28.7 Å². The molecule has 2 fully saturated rings. The Morgan fingerprint density at radius 1 is 0.972 bits per heavy atom. The third-order valence-electron chi connectivity index (χ3n) is 7.04. The summed E-state index contributed by atoms with van der Waals surface area (Å²) in [5.41, 5.74) is 2.69. The molecule has 0 spiro atoms. The van der Waals surface area contributed by atoms with Gasteiger partial charge in [-0.3, -0.25) is 19.2 Å². The molecule has 3 aliphatic rings. The molecule has 4 amide bonds. The summed E-state index contributed by atoms with van der Waals surface area (Å²) in [4.78, 5) is 63.4. The molecule has 1 aliphatic heterocycles. The van der Waals surface area contributed by atoms with Crippen molar-refractivity contribution >= 4 is 46.7 Å². The highest BCUT2D eigenvalue weighted by Crippen LogP contribution is 2.55. The van der Waals surface area contributed by atoms with Crippen molar-refractivity contribution in [3.8, 4) is 0 Å². The number of hydrogen-bond acceptors (Lipinski definition) is 6. The molecule has 9 nitrogen and oxygen atoms in total. The van der Waals surface area contributed by atoms with Crippen molar-refractivity contribution in [2.45, 2.75) is 20.3 Å². The Labute approximate surface area is 207 Å². The molecular formula is C27H25N3O6. The van der Waals surface area contributed by atoms with Crippen LogP contribution in [0.3, 0.4) is 0 Å². The third kappa shape index (κ3) is 4.17. The molecule has 9 heteroatoms. The van der Waals surface area contributed by atoms with E-state index in [0.717, 1.165) is 6.42 Å². The van der Waals surface area contributed by atoms with Crippen LogP contribution in [0.25, 0.3) is 0 Å². The van der Waals surface area contributed by atoms with Crippen LogP contribution in [-0.4, -0.2) is 36.2 Å². The number of nitrogens with one attached hydrogen (secondary N) is 2. The minimum absolute atomic E-state index is 0.0923.